The fourth-order valence-electron chi connectivity index (χ4n) is 2.92. The van der Waals surface area contributed by atoms with Crippen LogP contribution in [-0.2, 0) is 10.8 Å². The zero-order valence-corrected chi connectivity index (χ0v) is 14.1. The SMILES string of the molecule is FC(F)(F)C(c1ccc(C(C(F)(F)F)(C(F)(F)F)C(F)(F)F)cc1)(C(F)(F)F)C(F)(F)F. The highest BCUT2D eigenvalue weighted by Gasteiger charge is 2.86. The van der Waals surface area contributed by atoms with Crippen LogP contribution in [0, 0.1) is 0 Å². The summed E-state index contributed by atoms with van der Waals surface area (Å²) in [7, 11) is 0. The minimum absolute atomic E-state index is 1.18. The van der Waals surface area contributed by atoms with Crippen LogP contribution in [0.3, 0.4) is 0 Å². The van der Waals surface area contributed by atoms with E-state index in [1.54, 1.807) is 0 Å². The predicted molar refractivity (Wildman–Crippen MR) is 66.1 cm³/mol. The Balaban J connectivity index is 4.09. The van der Waals surface area contributed by atoms with Crippen molar-refractivity contribution in [2.45, 2.75) is 47.9 Å². The molecule has 0 fully saturated rings. The van der Waals surface area contributed by atoms with Crippen LogP contribution >= 0.6 is 0 Å². The molecule has 0 aliphatic rings. The first-order chi connectivity index (χ1) is 13.7. The molecule has 0 aliphatic carbocycles. The molecule has 18 heteroatoms. The van der Waals surface area contributed by atoms with E-state index in [1.165, 1.54) is 0 Å². The molecular formula is C14H4F18. The molecule has 0 aliphatic heterocycles. The van der Waals surface area contributed by atoms with Gasteiger partial charge in [0.1, 0.15) is 0 Å². The molecule has 1 rings (SSSR count). The maximum absolute atomic E-state index is 13.0. The maximum atomic E-state index is 13.0. The summed E-state index contributed by atoms with van der Waals surface area (Å²) in [6, 6.07) is -4.72. The molecule has 0 saturated carbocycles. The van der Waals surface area contributed by atoms with Crippen molar-refractivity contribution in [3.8, 4) is 0 Å². The Kier molecular flexibility index (Phi) is 6.32. The Hall–Kier alpha value is -2.04. The second kappa shape index (κ2) is 7.23. The van der Waals surface area contributed by atoms with Gasteiger partial charge >= 0.3 is 37.1 Å². The van der Waals surface area contributed by atoms with Crippen LogP contribution in [0.4, 0.5) is 79.0 Å². The summed E-state index contributed by atoms with van der Waals surface area (Å²) in [6.07, 6.45) is -43.8. The summed E-state index contributed by atoms with van der Waals surface area (Å²) < 4.78 is 234. The molecule has 0 bridgehead atoms. The first kappa shape index (κ1) is 28.0. The number of hydrogen-bond donors (Lipinski definition) is 0. The van der Waals surface area contributed by atoms with E-state index in [9.17, 15) is 79.0 Å². The fraction of sp³-hybridized carbons (Fsp3) is 0.571. The third-order valence-corrected chi connectivity index (χ3v) is 4.30. The minimum atomic E-state index is -7.31. The maximum Gasteiger partial charge on any atom is 0.416 e. The molecular weight excluding hydrogens is 510 g/mol. The van der Waals surface area contributed by atoms with Crippen LogP contribution in [-0.4, -0.2) is 37.1 Å². The molecule has 186 valence electrons. The molecule has 0 unspecified atom stereocenters. The van der Waals surface area contributed by atoms with Crippen LogP contribution in [0.25, 0.3) is 0 Å². The second-order valence-corrected chi connectivity index (χ2v) is 6.06. The van der Waals surface area contributed by atoms with Gasteiger partial charge in [-0.3, -0.25) is 0 Å². The van der Waals surface area contributed by atoms with Crippen molar-refractivity contribution >= 4 is 0 Å². The van der Waals surface area contributed by atoms with Gasteiger partial charge in [0.15, 0.2) is 0 Å². The van der Waals surface area contributed by atoms with E-state index in [0.29, 0.717) is 0 Å². The first-order valence-corrected chi connectivity index (χ1v) is 7.22. The molecule has 0 N–H and O–H groups in total. The zero-order chi connectivity index (χ0) is 26.0. The summed E-state index contributed by atoms with van der Waals surface area (Å²) >= 11 is 0. The van der Waals surface area contributed by atoms with Crippen molar-refractivity contribution in [1.29, 1.82) is 0 Å². The van der Waals surface area contributed by atoms with Gasteiger partial charge < -0.3 is 0 Å². The number of benzene rings is 1. The Morgan fingerprint density at radius 3 is 0.500 bits per heavy atom. The van der Waals surface area contributed by atoms with Gasteiger partial charge in [0.2, 0.25) is 0 Å². The minimum Gasteiger partial charge on any atom is -0.169 e. The summed E-state index contributed by atoms with van der Waals surface area (Å²) in [5, 5.41) is 0. The van der Waals surface area contributed by atoms with E-state index in [4.69, 9.17) is 0 Å². The molecule has 0 aromatic heterocycles. The topological polar surface area (TPSA) is 0 Å². The van der Waals surface area contributed by atoms with Crippen molar-refractivity contribution in [3.63, 3.8) is 0 Å². The van der Waals surface area contributed by atoms with E-state index >= 15 is 0 Å². The van der Waals surface area contributed by atoms with Crippen molar-refractivity contribution in [2.75, 3.05) is 0 Å². The van der Waals surface area contributed by atoms with Gasteiger partial charge in [-0.25, -0.2) is 0 Å². The highest BCUT2D eigenvalue weighted by molar-refractivity contribution is 5.40. The Labute approximate surface area is 163 Å². The van der Waals surface area contributed by atoms with Crippen LogP contribution in [0.15, 0.2) is 24.3 Å². The molecule has 0 spiro atoms. The van der Waals surface area contributed by atoms with Gasteiger partial charge in [-0.2, -0.15) is 79.0 Å². The number of halogens is 18. The van der Waals surface area contributed by atoms with Gasteiger partial charge in [0, 0.05) is 0 Å². The monoisotopic (exact) mass is 514 g/mol. The normalized spacial score (nSPS) is 15.8. The van der Waals surface area contributed by atoms with Gasteiger partial charge in [-0.1, -0.05) is 24.3 Å². The molecule has 1 aromatic carbocycles. The molecule has 0 saturated heterocycles. The average Bonchev–Trinajstić information content (AvgIpc) is 2.40. The first-order valence-electron chi connectivity index (χ1n) is 7.22. The highest BCUT2D eigenvalue weighted by atomic mass is 19.4. The Morgan fingerprint density at radius 1 is 0.281 bits per heavy atom. The average molecular weight is 514 g/mol. The van der Waals surface area contributed by atoms with Gasteiger partial charge in [0.25, 0.3) is 10.8 Å². The third kappa shape index (κ3) is 3.72. The largest absolute Gasteiger partial charge is 0.416 e. The second-order valence-electron chi connectivity index (χ2n) is 6.06. The number of rotatable bonds is 2. The molecule has 32 heavy (non-hydrogen) atoms. The van der Waals surface area contributed by atoms with Crippen molar-refractivity contribution in [3.05, 3.63) is 35.4 Å². The molecule has 0 radical (unpaired) electrons. The standard InChI is InChI=1S/C14H4F18/c15-9(16,17)7(10(18,19)20,11(21,22)23)5-1-2-6(4-3-5)8(12(24,25)26,13(27,28)29)14(30,31)32/h1-4H. The van der Waals surface area contributed by atoms with Gasteiger partial charge in [-0.05, 0) is 11.1 Å². The molecule has 0 atom stereocenters. The summed E-state index contributed by atoms with van der Waals surface area (Å²) in [4.78, 5) is 0. The van der Waals surface area contributed by atoms with Gasteiger partial charge in [-0.15, -0.1) is 0 Å². The van der Waals surface area contributed by atoms with Crippen molar-refractivity contribution < 1.29 is 79.0 Å². The third-order valence-electron chi connectivity index (χ3n) is 4.30. The lowest BCUT2D eigenvalue weighted by Gasteiger charge is -2.40. The zero-order valence-electron chi connectivity index (χ0n) is 14.1. The lowest BCUT2D eigenvalue weighted by atomic mass is 9.74. The number of alkyl halides is 18. The van der Waals surface area contributed by atoms with E-state index < -0.39 is 83.3 Å². The van der Waals surface area contributed by atoms with Crippen LogP contribution in [0.1, 0.15) is 11.1 Å². The lowest BCUT2D eigenvalue weighted by molar-refractivity contribution is -0.390. The quantitative estimate of drug-likeness (QED) is 0.358. The summed E-state index contributed by atoms with van der Waals surface area (Å²) in [5.41, 5.74) is -19.7. The summed E-state index contributed by atoms with van der Waals surface area (Å²) in [5.74, 6) is 0. The lowest BCUT2D eigenvalue weighted by Crippen LogP contribution is -2.64. The van der Waals surface area contributed by atoms with E-state index in [2.05, 4.69) is 0 Å². The van der Waals surface area contributed by atoms with E-state index in [1.807, 2.05) is 0 Å². The fourth-order valence-corrected chi connectivity index (χ4v) is 2.92. The Morgan fingerprint density at radius 2 is 0.406 bits per heavy atom. The molecule has 0 nitrogen and oxygen atoms in total. The Bertz CT molecular complexity index is 650. The molecule has 0 heterocycles. The predicted octanol–water partition coefficient (Wildman–Crippen LogP) is 7.54. The van der Waals surface area contributed by atoms with Crippen LogP contribution in [0.2, 0.25) is 0 Å². The highest BCUT2D eigenvalue weighted by Crippen LogP contribution is 2.63. The molecule has 0 amide bonds. The van der Waals surface area contributed by atoms with Crippen LogP contribution < -0.4 is 0 Å². The number of hydrogen-bond acceptors (Lipinski definition) is 0. The smallest absolute Gasteiger partial charge is 0.169 e. The van der Waals surface area contributed by atoms with E-state index in [-0.39, 0.29) is 0 Å². The van der Waals surface area contributed by atoms with Crippen LogP contribution in [0.5, 0.6) is 0 Å². The van der Waals surface area contributed by atoms with Gasteiger partial charge in [0.05, 0.1) is 0 Å². The van der Waals surface area contributed by atoms with Crippen molar-refractivity contribution in [2.24, 2.45) is 0 Å². The van der Waals surface area contributed by atoms with E-state index in [0.717, 1.165) is 0 Å². The molecule has 1 aromatic rings. The van der Waals surface area contributed by atoms with Crippen molar-refractivity contribution in [1.82, 2.24) is 0 Å². The summed E-state index contributed by atoms with van der Waals surface area (Å²) in [6.45, 7) is 0.